The number of aromatic hydroxyl groups is 1. The van der Waals surface area contributed by atoms with Crippen LogP contribution in [0.2, 0.25) is 0 Å². The van der Waals surface area contributed by atoms with Gasteiger partial charge in [-0.15, -0.1) is 0 Å². The van der Waals surface area contributed by atoms with Gasteiger partial charge in [0.05, 0.1) is 0 Å². The molecule has 4 heteroatoms. The van der Waals surface area contributed by atoms with Gasteiger partial charge < -0.3 is 5.11 Å². The van der Waals surface area contributed by atoms with E-state index in [1.807, 2.05) is 0 Å². The molecule has 0 aliphatic rings. The van der Waals surface area contributed by atoms with Gasteiger partial charge in [-0.3, -0.25) is 0 Å². The van der Waals surface area contributed by atoms with Gasteiger partial charge in [0, 0.05) is 12.3 Å². The Morgan fingerprint density at radius 2 is 2.00 bits per heavy atom. The first-order chi connectivity index (χ1) is 4.39. The van der Waals surface area contributed by atoms with Gasteiger partial charge in [0.2, 0.25) is 5.88 Å². The van der Waals surface area contributed by atoms with Gasteiger partial charge >= 0.3 is 24.5 Å². The molecule has 0 saturated heterocycles. The van der Waals surface area contributed by atoms with Crippen molar-refractivity contribution < 1.29 is 29.6 Å². The van der Waals surface area contributed by atoms with Crippen LogP contribution in [0.4, 0.5) is 0 Å². The molecule has 0 amide bonds. The number of nitrogens with zero attached hydrogens (tertiary/aromatic N) is 1. The van der Waals surface area contributed by atoms with Crippen molar-refractivity contribution in [3.8, 4) is 5.88 Å². The van der Waals surface area contributed by atoms with E-state index in [1.165, 1.54) is 12.3 Å². The third-order valence-corrected chi connectivity index (χ3v) is 0.649. The van der Waals surface area contributed by atoms with Crippen LogP contribution in [0.25, 0.3) is 0 Å². The Morgan fingerprint density at radius 1 is 1.33 bits per heavy atom. The zero-order valence-electron chi connectivity index (χ0n) is 4.65. The molecule has 0 aromatic carbocycles. The molecule has 1 rings (SSSR count). The van der Waals surface area contributed by atoms with E-state index in [1.54, 1.807) is 12.1 Å². The van der Waals surface area contributed by atoms with Gasteiger partial charge in [0.25, 0.3) is 0 Å². The van der Waals surface area contributed by atoms with Gasteiger partial charge in [0.15, 0.2) is 0 Å². The maximum atomic E-state index is 8.52. The third-order valence-electron chi connectivity index (χ3n) is 0.649. The molecular formula is C5H6NO2Ti. The van der Waals surface area contributed by atoms with Crippen molar-refractivity contribution in [3.63, 3.8) is 0 Å². The molecule has 0 aliphatic heterocycles. The minimum absolute atomic E-state index is 0.0718. The number of hydrogen-bond donors (Lipinski definition) is 2. The van der Waals surface area contributed by atoms with Crippen molar-refractivity contribution in [3.05, 3.63) is 24.4 Å². The summed E-state index contributed by atoms with van der Waals surface area (Å²) in [6.45, 7) is 0. The molecule has 1 aromatic rings. The van der Waals surface area contributed by atoms with Crippen molar-refractivity contribution in [2.75, 3.05) is 0 Å². The average Bonchev–Trinajstić information content (AvgIpc) is 1.94. The van der Waals surface area contributed by atoms with E-state index in [2.05, 4.69) is 4.98 Å². The molecule has 3 nitrogen and oxygen atoms in total. The summed E-state index contributed by atoms with van der Waals surface area (Å²) in [7, 11) is 0. The fraction of sp³-hybridized carbons (Fsp3) is 0. The van der Waals surface area contributed by atoms with Gasteiger partial charge in [-0.1, -0.05) is 6.07 Å². The third kappa shape index (κ3) is 4.15. The molecule has 1 aromatic heterocycles. The zero-order chi connectivity index (χ0) is 7.11. The van der Waals surface area contributed by atoms with Crippen LogP contribution in [0.3, 0.4) is 0 Å². The molecule has 0 aliphatic carbocycles. The molecule has 0 bridgehead atoms. The van der Waals surface area contributed by atoms with E-state index in [4.69, 9.17) is 8.79 Å². The SMILES string of the molecule is Oc1ccccn1.[OH][Ti]. The molecule has 0 radical (unpaired) electrons. The van der Waals surface area contributed by atoms with Crippen LogP contribution in [-0.2, 0) is 20.8 Å². The summed E-state index contributed by atoms with van der Waals surface area (Å²) in [6.07, 6.45) is 1.54. The molecular weight excluding hydrogens is 154 g/mol. The second kappa shape index (κ2) is 5.76. The standard InChI is InChI=1S/C5H5NO.H2O.Ti/c7-5-3-1-2-4-6-5;;/h1-4H,(H,6,7);1H2;/q;;+1/p-1. The van der Waals surface area contributed by atoms with E-state index in [0.29, 0.717) is 0 Å². The van der Waals surface area contributed by atoms with Crippen LogP contribution >= 0.6 is 0 Å². The molecule has 0 unspecified atom stereocenters. The maximum absolute atomic E-state index is 8.52. The first-order valence-corrected chi connectivity index (χ1v) is 2.92. The molecule has 47 valence electrons. The fourth-order valence-corrected chi connectivity index (χ4v) is 0.354. The minimum atomic E-state index is 0.0718. The van der Waals surface area contributed by atoms with Crippen LogP contribution in [0.15, 0.2) is 24.4 Å². The summed E-state index contributed by atoms with van der Waals surface area (Å²) in [6, 6.07) is 5.00. The van der Waals surface area contributed by atoms with Crippen LogP contribution < -0.4 is 0 Å². The Labute approximate surface area is 65.2 Å². The van der Waals surface area contributed by atoms with Crippen molar-refractivity contribution in [1.29, 1.82) is 0 Å². The summed E-state index contributed by atoms with van der Waals surface area (Å²) in [5.74, 6) is 0.0718. The van der Waals surface area contributed by atoms with Gasteiger partial charge in [0.1, 0.15) is 0 Å². The topological polar surface area (TPSA) is 53.4 Å². The molecule has 0 fully saturated rings. The van der Waals surface area contributed by atoms with Crippen molar-refractivity contribution >= 4 is 0 Å². The zero-order valence-corrected chi connectivity index (χ0v) is 6.21. The second-order valence-corrected chi connectivity index (χ2v) is 1.19. The van der Waals surface area contributed by atoms with Gasteiger partial charge in [-0.2, -0.15) is 0 Å². The summed E-state index contributed by atoms with van der Waals surface area (Å²) in [5.41, 5.74) is 0. The van der Waals surface area contributed by atoms with Crippen LogP contribution in [0.1, 0.15) is 0 Å². The Balaban J connectivity index is 0.000000291. The second-order valence-electron chi connectivity index (χ2n) is 1.19. The monoisotopic (exact) mass is 160 g/mol. The summed E-state index contributed by atoms with van der Waals surface area (Å²) >= 11 is 1.00. The normalized spacial score (nSPS) is 7.11. The van der Waals surface area contributed by atoms with E-state index < -0.39 is 0 Å². The molecule has 9 heavy (non-hydrogen) atoms. The Bertz CT molecular complexity index is 145. The first kappa shape index (κ1) is 8.62. The van der Waals surface area contributed by atoms with Crippen LogP contribution in [0, 0.1) is 0 Å². The summed E-state index contributed by atoms with van der Waals surface area (Å²) in [4.78, 5) is 3.53. The predicted molar refractivity (Wildman–Crippen MR) is 28.1 cm³/mol. The summed E-state index contributed by atoms with van der Waals surface area (Å²) in [5, 5.41) is 8.52. The molecule has 2 N–H and O–H groups in total. The number of hydrogen-bond acceptors (Lipinski definition) is 3. The van der Waals surface area contributed by atoms with E-state index >= 15 is 0 Å². The number of aromatic nitrogens is 1. The van der Waals surface area contributed by atoms with E-state index in [-0.39, 0.29) is 5.88 Å². The van der Waals surface area contributed by atoms with E-state index in [9.17, 15) is 0 Å². The Morgan fingerprint density at radius 3 is 2.22 bits per heavy atom. The molecule has 1 heterocycles. The van der Waals surface area contributed by atoms with Crippen LogP contribution in [-0.4, -0.2) is 13.8 Å². The summed E-state index contributed by atoms with van der Waals surface area (Å²) < 4.78 is 7.00. The van der Waals surface area contributed by atoms with E-state index in [0.717, 1.165) is 20.8 Å². The van der Waals surface area contributed by atoms with Crippen molar-refractivity contribution in [1.82, 2.24) is 4.98 Å². The van der Waals surface area contributed by atoms with Crippen LogP contribution in [0.5, 0.6) is 5.88 Å². The molecule has 0 atom stereocenters. The molecule has 0 saturated carbocycles. The van der Waals surface area contributed by atoms with Gasteiger partial charge in [-0.25, -0.2) is 4.98 Å². The number of pyridine rings is 1. The molecule has 0 spiro atoms. The van der Waals surface area contributed by atoms with Gasteiger partial charge in [-0.05, 0) is 6.07 Å². The average molecular weight is 160 g/mol. The first-order valence-electron chi connectivity index (χ1n) is 2.22. The Hall–Kier alpha value is -0.376. The van der Waals surface area contributed by atoms with Crippen molar-refractivity contribution in [2.45, 2.75) is 0 Å². The Kier molecular flexibility index (Phi) is 5.52. The number of rotatable bonds is 0. The quantitative estimate of drug-likeness (QED) is 0.534. The fourth-order valence-electron chi connectivity index (χ4n) is 0.354. The van der Waals surface area contributed by atoms with Crippen molar-refractivity contribution in [2.24, 2.45) is 0 Å². The predicted octanol–water partition coefficient (Wildman–Crippen LogP) is 0.228.